The molecule has 0 aromatic heterocycles. The number of ether oxygens (including phenoxy) is 1. The van der Waals surface area contributed by atoms with E-state index in [2.05, 4.69) is 10.1 Å². The van der Waals surface area contributed by atoms with Crippen molar-refractivity contribution in [2.75, 3.05) is 26.7 Å². The largest absolute Gasteiger partial charge is 0.465 e. The van der Waals surface area contributed by atoms with Crippen LogP contribution in [0.1, 0.15) is 23.2 Å². The van der Waals surface area contributed by atoms with E-state index in [1.54, 1.807) is 6.07 Å². The Balaban J connectivity index is 2.10. The molecule has 0 unspecified atom stereocenters. The van der Waals surface area contributed by atoms with Crippen molar-refractivity contribution in [2.24, 2.45) is 11.7 Å². The molecule has 1 aromatic rings. The normalized spacial score (nSPS) is 16.0. The van der Waals surface area contributed by atoms with Crippen molar-refractivity contribution < 1.29 is 27.5 Å². The van der Waals surface area contributed by atoms with E-state index in [0.29, 0.717) is 12.8 Å². The van der Waals surface area contributed by atoms with Gasteiger partial charge in [-0.2, -0.15) is 4.31 Å². The molecule has 1 aliphatic heterocycles. The van der Waals surface area contributed by atoms with Crippen molar-refractivity contribution in [1.82, 2.24) is 9.62 Å². The number of nitrogens with two attached hydrogens (primary N) is 1. The van der Waals surface area contributed by atoms with Gasteiger partial charge in [0.1, 0.15) is 0 Å². The first-order chi connectivity index (χ1) is 12.3. The number of sulfonamides is 1. The number of esters is 1. The van der Waals surface area contributed by atoms with Gasteiger partial charge < -0.3 is 15.8 Å². The highest BCUT2D eigenvalue weighted by Gasteiger charge is 2.34. The first-order valence-electron chi connectivity index (χ1n) is 8.01. The molecular weight excluding hydrogens is 362 g/mol. The number of carbonyl (C=O) groups is 3. The Hall–Kier alpha value is -2.46. The lowest BCUT2D eigenvalue weighted by atomic mass is 9.97. The molecule has 142 valence electrons. The number of benzene rings is 1. The summed E-state index contributed by atoms with van der Waals surface area (Å²) in [6.07, 6.45) is 0.619. The van der Waals surface area contributed by atoms with Gasteiger partial charge in [-0.05, 0) is 25.0 Å². The maximum Gasteiger partial charge on any atom is 0.339 e. The Kier molecular flexibility index (Phi) is 6.32. The monoisotopic (exact) mass is 383 g/mol. The SMILES string of the molecule is COC(=O)c1ccccc1S(=O)(=O)N1CCC(C(=O)NCC(N)=O)CC1. The summed E-state index contributed by atoms with van der Waals surface area (Å²) in [5.74, 6) is -2.09. The molecule has 9 nitrogen and oxygen atoms in total. The third kappa shape index (κ3) is 4.38. The Labute approximate surface area is 151 Å². The summed E-state index contributed by atoms with van der Waals surface area (Å²) in [5, 5.41) is 2.43. The number of amides is 2. The minimum Gasteiger partial charge on any atom is -0.465 e. The minimum absolute atomic E-state index is 0.0312. The highest BCUT2D eigenvalue weighted by Crippen LogP contribution is 2.26. The molecule has 3 N–H and O–H groups in total. The molecule has 1 heterocycles. The number of piperidine rings is 1. The second-order valence-electron chi connectivity index (χ2n) is 5.85. The Morgan fingerprint density at radius 1 is 1.23 bits per heavy atom. The fraction of sp³-hybridized carbons (Fsp3) is 0.438. The lowest BCUT2D eigenvalue weighted by Crippen LogP contribution is -2.44. The average Bonchev–Trinajstić information content (AvgIpc) is 2.65. The van der Waals surface area contributed by atoms with Crippen LogP contribution in [0.3, 0.4) is 0 Å². The number of nitrogens with zero attached hydrogens (tertiary/aromatic N) is 1. The van der Waals surface area contributed by atoms with E-state index in [9.17, 15) is 22.8 Å². The van der Waals surface area contributed by atoms with E-state index in [0.717, 1.165) is 0 Å². The quantitative estimate of drug-likeness (QED) is 0.634. The zero-order valence-corrected chi connectivity index (χ0v) is 15.1. The predicted molar refractivity (Wildman–Crippen MR) is 91.5 cm³/mol. The molecule has 1 fully saturated rings. The summed E-state index contributed by atoms with van der Waals surface area (Å²) < 4.78 is 31.6. The van der Waals surface area contributed by atoms with Crippen molar-refractivity contribution in [3.8, 4) is 0 Å². The molecule has 2 amide bonds. The van der Waals surface area contributed by atoms with Gasteiger partial charge in [0.05, 0.1) is 24.1 Å². The number of rotatable bonds is 6. The number of hydrogen-bond donors (Lipinski definition) is 2. The fourth-order valence-corrected chi connectivity index (χ4v) is 4.44. The number of hydrogen-bond acceptors (Lipinski definition) is 6. The molecule has 0 bridgehead atoms. The molecule has 26 heavy (non-hydrogen) atoms. The fourth-order valence-electron chi connectivity index (χ4n) is 2.79. The van der Waals surface area contributed by atoms with Crippen LogP contribution in [0.15, 0.2) is 29.2 Å². The van der Waals surface area contributed by atoms with Gasteiger partial charge in [-0.25, -0.2) is 13.2 Å². The van der Waals surface area contributed by atoms with Crippen molar-refractivity contribution >= 4 is 27.8 Å². The topological polar surface area (TPSA) is 136 Å². The van der Waals surface area contributed by atoms with E-state index >= 15 is 0 Å². The smallest absolute Gasteiger partial charge is 0.339 e. The van der Waals surface area contributed by atoms with E-state index in [-0.39, 0.29) is 36.0 Å². The number of methoxy groups -OCH3 is 1. The van der Waals surface area contributed by atoms with E-state index in [1.165, 1.54) is 29.6 Å². The summed E-state index contributed by atoms with van der Waals surface area (Å²) in [4.78, 5) is 34.4. The van der Waals surface area contributed by atoms with Crippen LogP contribution in [0, 0.1) is 5.92 Å². The van der Waals surface area contributed by atoms with Gasteiger partial charge in [0.2, 0.25) is 21.8 Å². The van der Waals surface area contributed by atoms with Crippen molar-refractivity contribution in [3.05, 3.63) is 29.8 Å². The molecule has 0 radical (unpaired) electrons. The standard InChI is InChI=1S/C16H21N3O6S/c1-25-16(22)12-4-2-3-5-13(12)26(23,24)19-8-6-11(7-9-19)15(21)18-10-14(17)20/h2-5,11H,6-10H2,1H3,(H2,17,20)(H,18,21). The van der Waals surface area contributed by atoms with Gasteiger partial charge in [0.25, 0.3) is 0 Å². The molecule has 10 heteroatoms. The number of primary amides is 1. The molecular formula is C16H21N3O6S. The molecule has 0 spiro atoms. The van der Waals surface area contributed by atoms with E-state index < -0.39 is 27.8 Å². The van der Waals surface area contributed by atoms with E-state index in [4.69, 9.17) is 5.73 Å². The maximum atomic E-state index is 12.9. The highest BCUT2D eigenvalue weighted by atomic mass is 32.2. The number of carbonyl (C=O) groups excluding carboxylic acids is 3. The third-order valence-electron chi connectivity index (χ3n) is 4.17. The van der Waals surface area contributed by atoms with Crippen molar-refractivity contribution in [3.63, 3.8) is 0 Å². The van der Waals surface area contributed by atoms with Crippen LogP contribution < -0.4 is 11.1 Å². The molecule has 1 aliphatic rings. The van der Waals surface area contributed by atoms with Crippen LogP contribution in [0.4, 0.5) is 0 Å². The van der Waals surface area contributed by atoms with E-state index in [1.807, 2.05) is 0 Å². The number of nitrogens with one attached hydrogen (secondary N) is 1. The summed E-state index contributed by atoms with van der Waals surface area (Å²) >= 11 is 0. The van der Waals surface area contributed by atoms with Gasteiger partial charge in [0, 0.05) is 19.0 Å². The zero-order valence-electron chi connectivity index (χ0n) is 14.3. The maximum absolute atomic E-state index is 12.9. The first kappa shape index (κ1) is 19.9. The second-order valence-corrected chi connectivity index (χ2v) is 7.76. The Morgan fingerprint density at radius 2 is 1.85 bits per heavy atom. The predicted octanol–water partition coefficient (Wildman–Crippen LogP) is -0.525. The van der Waals surface area contributed by atoms with Gasteiger partial charge in [0.15, 0.2) is 0 Å². The molecule has 1 saturated heterocycles. The lowest BCUT2D eigenvalue weighted by molar-refractivity contribution is -0.128. The summed E-state index contributed by atoms with van der Waals surface area (Å²) in [7, 11) is -2.71. The van der Waals surface area contributed by atoms with Gasteiger partial charge in [-0.1, -0.05) is 12.1 Å². The zero-order chi connectivity index (χ0) is 19.3. The molecule has 0 atom stereocenters. The van der Waals surface area contributed by atoms with Crippen LogP contribution in [-0.4, -0.2) is 57.3 Å². The Morgan fingerprint density at radius 3 is 2.42 bits per heavy atom. The Bertz CT molecular complexity index is 800. The van der Waals surface area contributed by atoms with Crippen LogP contribution in [0.2, 0.25) is 0 Å². The summed E-state index contributed by atoms with van der Waals surface area (Å²) in [6.45, 7) is 0.0167. The van der Waals surface area contributed by atoms with Gasteiger partial charge in [-0.3, -0.25) is 9.59 Å². The van der Waals surface area contributed by atoms with Crippen LogP contribution in [0.25, 0.3) is 0 Å². The summed E-state index contributed by atoms with van der Waals surface area (Å²) in [5.41, 5.74) is 4.95. The first-order valence-corrected chi connectivity index (χ1v) is 9.45. The second kappa shape index (κ2) is 8.28. The highest BCUT2D eigenvalue weighted by molar-refractivity contribution is 7.89. The van der Waals surface area contributed by atoms with Crippen molar-refractivity contribution in [2.45, 2.75) is 17.7 Å². The molecule has 1 aromatic carbocycles. The molecule has 0 aliphatic carbocycles. The van der Waals surface area contributed by atoms with Crippen molar-refractivity contribution in [1.29, 1.82) is 0 Å². The van der Waals surface area contributed by atoms with Crippen LogP contribution in [0.5, 0.6) is 0 Å². The third-order valence-corrected chi connectivity index (χ3v) is 6.13. The average molecular weight is 383 g/mol. The molecule has 2 rings (SSSR count). The molecule has 0 saturated carbocycles. The minimum atomic E-state index is -3.90. The van der Waals surface area contributed by atoms with Gasteiger partial charge >= 0.3 is 5.97 Å². The lowest BCUT2D eigenvalue weighted by Gasteiger charge is -2.30. The van der Waals surface area contributed by atoms with Crippen LogP contribution >= 0.6 is 0 Å². The summed E-state index contributed by atoms with van der Waals surface area (Å²) in [6, 6.07) is 5.83. The van der Waals surface area contributed by atoms with Gasteiger partial charge in [-0.15, -0.1) is 0 Å². The van der Waals surface area contributed by atoms with Crippen LogP contribution in [-0.2, 0) is 24.3 Å².